The third kappa shape index (κ3) is 6.65. The maximum absolute atomic E-state index is 12.7. The molecule has 1 unspecified atom stereocenters. The summed E-state index contributed by atoms with van der Waals surface area (Å²) in [5.41, 5.74) is 5.31. The normalized spacial score (nSPS) is 11.3. The van der Waals surface area contributed by atoms with Gasteiger partial charge >= 0.3 is 0 Å². The van der Waals surface area contributed by atoms with Crippen molar-refractivity contribution in [3.05, 3.63) is 108 Å². The van der Waals surface area contributed by atoms with E-state index < -0.39 is 0 Å². The predicted octanol–water partition coefficient (Wildman–Crippen LogP) is 7.05. The number of nitrogens with zero attached hydrogens (tertiary/aromatic N) is 2. The van der Waals surface area contributed by atoms with Crippen LogP contribution in [-0.4, -0.2) is 22.4 Å². The Morgan fingerprint density at radius 2 is 1.08 bits per heavy atom. The fourth-order valence-corrected chi connectivity index (χ4v) is 5.40. The van der Waals surface area contributed by atoms with Crippen molar-refractivity contribution >= 4 is 28.6 Å². The lowest BCUT2D eigenvalue weighted by atomic mass is 10.0. The number of nitriles is 2. The molecule has 4 aromatic rings. The lowest BCUT2D eigenvalue weighted by Crippen LogP contribution is -2.13. The van der Waals surface area contributed by atoms with Gasteiger partial charge in [-0.05, 0) is 82.5 Å². The first-order valence-corrected chi connectivity index (χ1v) is 12.9. The van der Waals surface area contributed by atoms with Gasteiger partial charge in [0.05, 0.1) is 29.7 Å². The summed E-state index contributed by atoms with van der Waals surface area (Å²) in [7, 11) is 1.74. The quantitative estimate of drug-likeness (QED) is 0.145. The summed E-state index contributed by atoms with van der Waals surface area (Å²) in [6, 6.07) is 35.3. The number of hydrogen-bond acceptors (Lipinski definition) is 5. The molecule has 6 heteroatoms. The Morgan fingerprint density at radius 3 is 1.47 bits per heavy atom. The van der Waals surface area contributed by atoms with Crippen LogP contribution < -0.4 is 0 Å². The molecule has 36 heavy (non-hydrogen) atoms. The van der Waals surface area contributed by atoms with Crippen molar-refractivity contribution < 1.29 is 9.53 Å². The van der Waals surface area contributed by atoms with Crippen LogP contribution in [0.3, 0.4) is 0 Å². The third-order valence-electron chi connectivity index (χ3n) is 5.54. The summed E-state index contributed by atoms with van der Waals surface area (Å²) in [5, 5.41) is 18.0. The monoisotopic (exact) mass is 507 g/mol. The number of carbonyl (C=O) groups is 1. The minimum atomic E-state index is -0.163. The van der Waals surface area contributed by atoms with Crippen LogP contribution >= 0.6 is 23.5 Å². The van der Waals surface area contributed by atoms with Crippen molar-refractivity contribution in [2.24, 2.45) is 0 Å². The van der Waals surface area contributed by atoms with Gasteiger partial charge in [-0.3, -0.25) is 4.79 Å². The van der Waals surface area contributed by atoms with E-state index in [2.05, 4.69) is 16.9 Å². The van der Waals surface area contributed by atoms with E-state index in [1.54, 1.807) is 31.0 Å². The molecular weight excluding hydrogens is 484 g/mol. The zero-order valence-electron chi connectivity index (χ0n) is 19.6. The summed E-state index contributed by atoms with van der Waals surface area (Å²) >= 11 is 2.81. The maximum atomic E-state index is 12.7. The number of thioether (sulfide) groups is 2. The maximum Gasteiger partial charge on any atom is 0.214 e. The molecule has 0 saturated heterocycles. The smallest absolute Gasteiger partial charge is 0.214 e. The summed E-state index contributed by atoms with van der Waals surface area (Å²) < 4.78 is 4.41. The van der Waals surface area contributed by atoms with Gasteiger partial charge in [-0.1, -0.05) is 60.3 Å². The molecule has 4 aromatic carbocycles. The van der Waals surface area contributed by atoms with E-state index in [4.69, 9.17) is 10.5 Å². The van der Waals surface area contributed by atoms with Crippen molar-refractivity contribution in [3.8, 4) is 34.4 Å². The van der Waals surface area contributed by atoms with E-state index >= 15 is 0 Å². The number of carbonyl (C=O) groups excluding carboxylic acids is 1. The topological polar surface area (TPSA) is 77.4 Å². The van der Waals surface area contributed by atoms with Gasteiger partial charge in [-0.25, -0.2) is 0 Å². The lowest BCUT2D eigenvalue weighted by molar-refractivity contribution is -0.114. The standard InChI is InChI=1S/C30H22N2O2S2/c1-34-30(36-28-16-12-26(13-17-28)24-8-4-22(20-32)5-9-24)18-29(33)35-27-14-10-25(11-15-27)23-6-2-21(19-31)3-7-23/h2-17,30H,18H2,1H3/p+1. The van der Waals surface area contributed by atoms with E-state index in [-0.39, 0.29) is 10.6 Å². The molecule has 0 heterocycles. The largest absolute Gasteiger partial charge is 0.425 e. The highest BCUT2D eigenvalue weighted by atomic mass is 32.2. The first-order valence-electron chi connectivity index (χ1n) is 11.3. The van der Waals surface area contributed by atoms with E-state index in [1.807, 2.05) is 84.9 Å². The Bertz CT molecular complexity index is 1400. The van der Waals surface area contributed by atoms with Crippen LogP contribution in [0.15, 0.2) is 107 Å². The molecule has 0 fully saturated rings. The first kappa shape index (κ1) is 25.3. The molecule has 0 amide bonds. The summed E-state index contributed by atoms with van der Waals surface area (Å²) in [4.78, 5) is 14.7. The Balaban J connectivity index is 1.32. The van der Waals surface area contributed by atoms with Gasteiger partial charge in [-0.2, -0.15) is 10.5 Å². The second-order valence-electron chi connectivity index (χ2n) is 7.94. The molecule has 4 rings (SSSR count). The van der Waals surface area contributed by atoms with Gasteiger partial charge in [0.25, 0.3) is 0 Å². The lowest BCUT2D eigenvalue weighted by Gasteiger charge is -2.11. The number of aliphatic hydroxyl groups is 2. The summed E-state index contributed by atoms with van der Waals surface area (Å²) in [5.74, 6) is 0. The molecule has 0 bridgehead atoms. The molecular formula is C30H23N2O2S2+. The van der Waals surface area contributed by atoms with Gasteiger partial charge in [0, 0.05) is 9.79 Å². The van der Waals surface area contributed by atoms with E-state index in [0.717, 1.165) is 32.0 Å². The number of hydrogen-bond donors (Lipinski definition) is 0. The average Bonchev–Trinajstić information content (AvgIpc) is 2.93. The highest BCUT2D eigenvalue weighted by Gasteiger charge is 2.20. The van der Waals surface area contributed by atoms with Crippen LogP contribution in [0.5, 0.6) is 0 Å². The SMILES string of the molecule is C[OH+]C(CC(=O)Sc1ccc(-c2ccc(C#N)cc2)cc1)Sc1ccc(-c2ccc(C#N)cc2)cc1. The second kappa shape index (κ2) is 12.2. The minimum Gasteiger partial charge on any atom is -0.425 e. The first-order chi connectivity index (χ1) is 17.6. The van der Waals surface area contributed by atoms with Gasteiger partial charge in [0.15, 0.2) is 0 Å². The van der Waals surface area contributed by atoms with Crippen molar-refractivity contribution in [2.45, 2.75) is 21.6 Å². The molecule has 0 spiro atoms. The van der Waals surface area contributed by atoms with Crippen LogP contribution in [0, 0.1) is 22.7 Å². The Labute approximate surface area is 219 Å². The Morgan fingerprint density at radius 1 is 0.694 bits per heavy atom. The molecule has 0 aliphatic heterocycles. The zero-order chi connectivity index (χ0) is 25.3. The van der Waals surface area contributed by atoms with Crippen LogP contribution in [0.4, 0.5) is 0 Å². The molecule has 1 atom stereocenters. The molecule has 0 aliphatic carbocycles. The molecule has 0 radical (unpaired) electrons. The van der Waals surface area contributed by atoms with E-state index in [1.165, 1.54) is 11.8 Å². The predicted molar refractivity (Wildman–Crippen MR) is 146 cm³/mol. The van der Waals surface area contributed by atoms with Gasteiger partial charge < -0.3 is 4.74 Å². The van der Waals surface area contributed by atoms with Crippen LogP contribution in [0.25, 0.3) is 22.3 Å². The number of benzene rings is 4. The molecule has 0 saturated carbocycles. The fourth-order valence-electron chi connectivity index (χ4n) is 3.57. The highest BCUT2D eigenvalue weighted by molar-refractivity contribution is 8.13. The molecule has 176 valence electrons. The molecule has 0 aliphatic rings. The minimum absolute atomic E-state index is 0.0680. The zero-order valence-corrected chi connectivity index (χ0v) is 21.2. The summed E-state index contributed by atoms with van der Waals surface area (Å²) in [6.07, 6.45) is 0.334. The van der Waals surface area contributed by atoms with Crippen LogP contribution in [0.1, 0.15) is 17.5 Å². The Kier molecular flexibility index (Phi) is 8.60. The van der Waals surface area contributed by atoms with Crippen molar-refractivity contribution in [1.82, 2.24) is 0 Å². The van der Waals surface area contributed by atoms with Gasteiger partial charge in [0.2, 0.25) is 10.6 Å². The molecule has 1 N–H and O–H groups in total. The van der Waals surface area contributed by atoms with Crippen LogP contribution in [-0.2, 0) is 4.79 Å². The number of ether oxygens (including phenoxy) is 1. The van der Waals surface area contributed by atoms with Crippen molar-refractivity contribution in [1.29, 1.82) is 10.5 Å². The number of rotatable bonds is 8. The van der Waals surface area contributed by atoms with Crippen molar-refractivity contribution in [3.63, 3.8) is 0 Å². The van der Waals surface area contributed by atoms with Crippen LogP contribution in [0.2, 0.25) is 0 Å². The average molecular weight is 508 g/mol. The summed E-state index contributed by atoms with van der Waals surface area (Å²) in [6.45, 7) is 0. The Hall–Kier alpha value is -3.81. The van der Waals surface area contributed by atoms with E-state index in [0.29, 0.717) is 17.5 Å². The molecule has 4 nitrogen and oxygen atoms in total. The fraction of sp³-hybridized carbons (Fsp3) is 0.100. The second-order valence-corrected chi connectivity index (χ2v) is 10.3. The van der Waals surface area contributed by atoms with Gasteiger partial charge in [-0.15, -0.1) is 0 Å². The van der Waals surface area contributed by atoms with E-state index in [9.17, 15) is 4.79 Å². The highest BCUT2D eigenvalue weighted by Crippen LogP contribution is 2.31. The van der Waals surface area contributed by atoms with Crippen molar-refractivity contribution in [2.75, 3.05) is 7.11 Å². The molecule has 0 aromatic heterocycles. The third-order valence-corrected chi connectivity index (χ3v) is 7.63. The van der Waals surface area contributed by atoms with Gasteiger partial charge in [0.1, 0.15) is 7.11 Å².